The number of carbonyl (C=O) groups excluding carboxylic acids is 1. The Balaban J connectivity index is 1.67. The van der Waals surface area contributed by atoms with Crippen LogP contribution in [0.25, 0.3) is 0 Å². The molecule has 0 aromatic heterocycles. The number of hydrogen-bond acceptors (Lipinski definition) is 5. The molecule has 16 heavy (non-hydrogen) atoms. The molecule has 2 saturated heterocycles. The molecule has 2 unspecified atom stereocenters. The molecule has 5 nitrogen and oxygen atoms in total. The third-order valence-electron chi connectivity index (χ3n) is 3.19. The highest BCUT2D eigenvalue weighted by Gasteiger charge is 2.29. The van der Waals surface area contributed by atoms with Crippen LogP contribution in [0.1, 0.15) is 19.3 Å². The molecule has 0 aliphatic carbocycles. The third-order valence-corrected chi connectivity index (χ3v) is 3.19. The smallest absolute Gasteiger partial charge is 0.323 e. The third kappa shape index (κ3) is 3.17. The van der Waals surface area contributed by atoms with E-state index in [1.807, 2.05) is 0 Å². The minimum absolute atomic E-state index is 0.233. The summed E-state index contributed by atoms with van der Waals surface area (Å²) in [6.07, 6.45) is 1.98. The van der Waals surface area contributed by atoms with E-state index >= 15 is 0 Å². The van der Waals surface area contributed by atoms with Gasteiger partial charge in [0.1, 0.15) is 6.04 Å². The van der Waals surface area contributed by atoms with Gasteiger partial charge in [0.2, 0.25) is 0 Å². The summed E-state index contributed by atoms with van der Waals surface area (Å²) in [5, 5.41) is 12.2. The van der Waals surface area contributed by atoms with Crippen LogP contribution in [-0.2, 0) is 14.3 Å². The average Bonchev–Trinajstić information content (AvgIpc) is 2.74. The van der Waals surface area contributed by atoms with Crippen molar-refractivity contribution in [2.24, 2.45) is 5.92 Å². The molecule has 5 heteroatoms. The molecular formula is C11H19NO4. The minimum atomic E-state index is -0.416. The van der Waals surface area contributed by atoms with Crippen LogP contribution in [-0.4, -0.2) is 49.6 Å². The number of esters is 1. The van der Waals surface area contributed by atoms with Gasteiger partial charge in [-0.25, -0.2) is 0 Å². The van der Waals surface area contributed by atoms with E-state index in [0.717, 1.165) is 26.1 Å². The first kappa shape index (κ1) is 11.8. The second-order valence-electron chi connectivity index (χ2n) is 4.54. The number of rotatable bonds is 3. The Morgan fingerprint density at radius 1 is 1.44 bits per heavy atom. The highest BCUT2D eigenvalue weighted by molar-refractivity contribution is 5.76. The van der Waals surface area contributed by atoms with Crippen LogP contribution in [0.2, 0.25) is 0 Å². The summed E-state index contributed by atoms with van der Waals surface area (Å²) in [5.74, 6) is 0.201. The first-order valence-corrected chi connectivity index (χ1v) is 5.91. The van der Waals surface area contributed by atoms with Gasteiger partial charge in [-0.3, -0.25) is 4.79 Å². The van der Waals surface area contributed by atoms with Crippen molar-refractivity contribution >= 4 is 5.97 Å². The van der Waals surface area contributed by atoms with Crippen molar-refractivity contribution in [1.82, 2.24) is 5.32 Å². The number of ether oxygens (including phenoxy) is 2. The zero-order valence-electron chi connectivity index (χ0n) is 9.35. The van der Waals surface area contributed by atoms with E-state index < -0.39 is 6.10 Å². The Hall–Kier alpha value is -0.650. The van der Waals surface area contributed by atoms with Gasteiger partial charge in [0.05, 0.1) is 12.7 Å². The van der Waals surface area contributed by atoms with Crippen molar-refractivity contribution in [2.75, 3.05) is 26.4 Å². The number of carbonyl (C=O) groups is 1. The molecule has 2 fully saturated rings. The fourth-order valence-electron chi connectivity index (χ4n) is 2.11. The van der Waals surface area contributed by atoms with Crippen LogP contribution >= 0.6 is 0 Å². The van der Waals surface area contributed by atoms with Crippen LogP contribution < -0.4 is 5.32 Å². The number of β-amino-alcohol motifs (C(OH)–C–C–N with tert-alkyl or cyclic N) is 1. The fraction of sp³-hybridized carbons (Fsp3) is 0.909. The summed E-state index contributed by atoms with van der Waals surface area (Å²) in [6.45, 7) is 2.50. The standard InChI is InChI=1S/C11H19NO4/c13-9-5-10(12-6-9)11(14)16-7-8-1-3-15-4-2-8/h8-10,12-13H,1-7H2. The maximum absolute atomic E-state index is 11.6. The molecule has 2 aliphatic rings. The van der Waals surface area contributed by atoms with Crippen molar-refractivity contribution in [2.45, 2.75) is 31.4 Å². The molecule has 0 aromatic carbocycles. The van der Waals surface area contributed by atoms with E-state index in [0.29, 0.717) is 25.5 Å². The lowest BCUT2D eigenvalue weighted by Gasteiger charge is -2.22. The average molecular weight is 229 g/mol. The van der Waals surface area contributed by atoms with Crippen LogP contribution in [0.4, 0.5) is 0 Å². The van der Waals surface area contributed by atoms with E-state index in [9.17, 15) is 9.90 Å². The maximum Gasteiger partial charge on any atom is 0.323 e. The topological polar surface area (TPSA) is 67.8 Å². The number of aliphatic hydroxyl groups is 1. The van der Waals surface area contributed by atoms with Gasteiger partial charge >= 0.3 is 5.97 Å². The van der Waals surface area contributed by atoms with Gasteiger partial charge in [-0.05, 0) is 18.8 Å². The van der Waals surface area contributed by atoms with E-state index in [2.05, 4.69) is 5.32 Å². The molecule has 2 N–H and O–H groups in total. The highest BCUT2D eigenvalue weighted by Crippen LogP contribution is 2.16. The van der Waals surface area contributed by atoms with Gasteiger partial charge in [-0.1, -0.05) is 0 Å². The van der Waals surface area contributed by atoms with Crippen molar-refractivity contribution in [3.8, 4) is 0 Å². The van der Waals surface area contributed by atoms with Crippen molar-refractivity contribution in [3.63, 3.8) is 0 Å². The van der Waals surface area contributed by atoms with Gasteiger partial charge in [-0.15, -0.1) is 0 Å². The van der Waals surface area contributed by atoms with Crippen molar-refractivity contribution in [1.29, 1.82) is 0 Å². The molecule has 0 radical (unpaired) electrons. The molecule has 2 rings (SSSR count). The van der Waals surface area contributed by atoms with E-state index in [-0.39, 0.29) is 12.0 Å². The Morgan fingerprint density at radius 3 is 2.81 bits per heavy atom. The van der Waals surface area contributed by atoms with Crippen LogP contribution in [0, 0.1) is 5.92 Å². The molecule has 0 amide bonds. The van der Waals surface area contributed by atoms with Gasteiger partial charge in [0.25, 0.3) is 0 Å². The number of hydrogen-bond donors (Lipinski definition) is 2. The second kappa shape index (κ2) is 5.61. The first-order valence-electron chi connectivity index (χ1n) is 5.91. The lowest BCUT2D eigenvalue weighted by molar-refractivity contribution is -0.148. The van der Waals surface area contributed by atoms with E-state index in [4.69, 9.17) is 9.47 Å². The molecule has 0 spiro atoms. The molecule has 2 aliphatic heterocycles. The van der Waals surface area contributed by atoms with E-state index in [1.165, 1.54) is 0 Å². The van der Waals surface area contributed by atoms with Gasteiger partial charge in [0, 0.05) is 26.2 Å². The molecular weight excluding hydrogens is 210 g/mol. The van der Waals surface area contributed by atoms with E-state index in [1.54, 1.807) is 0 Å². The highest BCUT2D eigenvalue weighted by atomic mass is 16.5. The van der Waals surface area contributed by atoms with Gasteiger partial charge in [-0.2, -0.15) is 0 Å². The lowest BCUT2D eigenvalue weighted by atomic mass is 10.0. The fourth-order valence-corrected chi connectivity index (χ4v) is 2.11. The van der Waals surface area contributed by atoms with Crippen LogP contribution in [0.5, 0.6) is 0 Å². The SMILES string of the molecule is O=C(OCC1CCOCC1)C1CC(O)CN1. The Kier molecular flexibility index (Phi) is 4.15. The quantitative estimate of drug-likeness (QED) is 0.649. The van der Waals surface area contributed by atoms with Crippen LogP contribution in [0.3, 0.4) is 0 Å². The van der Waals surface area contributed by atoms with Gasteiger partial charge in [0.15, 0.2) is 0 Å². The van der Waals surface area contributed by atoms with Gasteiger partial charge < -0.3 is 19.9 Å². The first-order chi connectivity index (χ1) is 7.75. The Bertz CT molecular complexity index is 240. The Labute approximate surface area is 95.1 Å². The van der Waals surface area contributed by atoms with Crippen molar-refractivity contribution in [3.05, 3.63) is 0 Å². The van der Waals surface area contributed by atoms with Crippen molar-refractivity contribution < 1.29 is 19.4 Å². The molecule has 92 valence electrons. The maximum atomic E-state index is 11.6. The summed E-state index contributed by atoms with van der Waals surface area (Å²) < 4.78 is 10.5. The summed E-state index contributed by atoms with van der Waals surface area (Å²) in [7, 11) is 0. The number of aliphatic hydroxyl groups excluding tert-OH is 1. The second-order valence-corrected chi connectivity index (χ2v) is 4.54. The summed E-state index contributed by atoms with van der Waals surface area (Å²) >= 11 is 0. The minimum Gasteiger partial charge on any atom is -0.464 e. The summed E-state index contributed by atoms with van der Waals surface area (Å²) in [5.41, 5.74) is 0. The Morgan fingerprint density at radius 2 is 2.19 bits per heavy atom. The number of nitrogens with one attached hydrogen (secondary N) is 1. The summed E-state index contributed by atoms with van der Waals surface area (Å²) in [4.78, 5) is 11.6. The zero-order valence-corrected chi connectivity index (χ0v) is 9.35. The predicted molar refractivity (Wildman–Crippen MR) is 56.9 cm³/mol. The molecule has 0 saturated carbocycles. The molecule has 2 heterocycles. The molecule has 2 atom stereocenters. The molecule has 0 bridgehead atoms. The predicted octanol–water partition coefficient (Wildman–Crippen LogP) is -0.321. The normalized spacial score (nSPS) is 31.6. The largest absolute Gasteiger partial charge is 0.464 e. The monoisotopic (exact) mass is 229 g/mol. The summed E-state index contributed by atoms with van der Waals surface area (Å²) in [6, 6.07) is -0.324. The lowest BCUT2D eigenvalue weighted by Crippen LogP contribution is -2.34. The van der Waals surface area contributed by atoms with Crippen LogP contribution in [0.15, 0.2) is 0 Å². The molecule has 0 aromatic rings. The zero-order chi connectivity index (χ0) is 11.4.